The molecule has 2 amide bonds. The van der Waals surface area contributed by atoms with Crippen molar-refractivity contribution in [2.45, 2.75) is 24.9 Å². The summed E-state index contributed by atoms with van der Waals surface area (Å²) in [6.45, 7) is 0.723. The van der Waals surface area contributed by atoms with Crippen molar-refractivity contribution in [3.05, 3.63) is 0 Å². The lowest BCUT2D eigenvalue weighted by Crippen LogP contribution is -2.61. The van der Waals surface area contributed by atoms with E-state index in [1.54, 1.807) is 4.90 Å². The van der Waals surface area contributed by atoms with Crippen LogP contribution in [0.15, 0.2) is 0 Å². The lowest BCUT2D eigenvalue weighted by molar-refractivity contribution is -0.146. The molecule has 0 spiro atoms. The van der Waals surface area contributed by atoms with Crippen LogP contribution in [0.25, 0.3) is 0 Å². The van der Waals surface area contributed by atoms with Crippen LogP contribution in [0.2, 0.25) is 0 Å². The second-order valence-corrected chi connectivity index (χ2v) is 3.80. The Morgan fingerprint density at radius 2 is 2.31 bits per heavy atom. The molecule has 2 aliphatic rings. The van der Waals surface area contributed by atoms with E-state index >= 15 is 0 Å². The lowest BCUT2D eigenvalue weighted by Gasteiger charge is -2.33. The molecule has 0 bridgehead atoms. The lowest BCUT2D eigenvalue weighted by atomic mass is 10.1. The van der Waals surface area contributed by atoms with Crippen LogP contribution in [-0.2, 0) is 9.59 Å². The molecule has 0 radical (unpaired) electrons. The summed E-state index contributed by atoms with van der Waals surface area (Å²) in [7, 11) is 0. The summed E-state index contributed by atoms with van der Waals surface area (Å²) in [4.78, 5) is 24.8. The van der Waals surface area contributed by atoms with Crippen LogP contribution in [-0.4, -0.2) is 41.1 Å². The van der Waals surface area contributed by atoms with Gasteiger partial charge in [-0.25, -0.2) is 0 Å². The van der Waals surface area contributed by atoms with E-state index in [4.69, 9.17) is 0 Å². The maximum absolute atomic E-state index is 11.6. The molecule has 0 aromatic carbocycles. The van der Waals surface area contributed by atoms with Crippen LogP contribution < -0.4 is 5.32 Å². The fourth-order valence-electron chi connectivity index (χ4n) is 1.96. The highest BCUT2D eigenvalue weighted by atomic mass is 32.1. The molecule has 5 heteroatoms. The fourth-order valence-corrected chi connectivity index (χ4v) is 2.20. The molecule has 2 atom stereocenters. The summed E-state index contributed by atoms with van der Waals surface area (Å²) < 4.78 is 0. The number of nitrogens with one attached hydrogen (secondary N) is 1. The van der Waals surface area contributed by atoms with Gasteiger partial charge >= 0.3 is 0 Å². The van der Waals surface area contributed by atoms with Gasteiger partial charge in [0.1, 0.15) is 12.1 Å². The molecule has 0 saturated carbocycles. The van der Waals surface area contributed by atoms with Gasteiger partial charge in [-0.05, 0) is 12.8 Å². The monoisotopic (exact) mass is 200 g/mol. The van der Waals surface area contributed by atoms with E-state index in [-0.39, 0.29) is 17.9 Å². The average molecular weight is 200 g/mol. The fraction of sp³-hybridized carbons (Fsp3) is 0.750. The second kappa shape index (κ2) is 3.21. The highest BCUT2D eigenvalue weighted by Crippen LogP contribution is 2.21. The number of carbonyl (C=O) groups excluding carboxylic acids is 2. The Morgan fingerprint density at radius 3 is 3.00 bits per heavy atom. The highest BCUT2D eigenvalue weighted by molar-refractivity contribution is 7.80. The van der Waals surface area contributed by atoms with Crippen molar-refractivity contribution >= 4 is 24.4 Å². The third kappa shape index (κ3) is 1.31. The average Bonchev–Trinajstić information content (AvgIpc) is 2.60. The summed E-state index contributed by atoms with van der Waals surface area (Å²) in [6.07, 6.45) is 1.74. The largest absolute Gasteiger partial charge is 0.342 e. The van der Waals surface area contributed by atoms with Crippen molar-refractivity contribution in [3.63, 3.8) is 0 Å². The van der Waals surface area contributed by atoms with Crippen LogP contribution in [0.5, 0.6) is 0 Å². The molecule has 0 aromatic rings. The molecule has 1 N–H and O–H groups in total. The quantitative estimate of drug-likeness (QED) is 0.556. The first kappa shape index (κ1) is 8.87. The molecule has 13 heavy (non-hydrogen) atoms. The Balaban J connectivity index is 2.19. The number of fused-ring (bicyclic) bond motifs is 1. The van der Waals surface area contributed by atoms with Crippen LogP contribution in [0.1, 0.15) is 12.8 Å². The number of amides is 2. The van der Waals surface area contributed by atoms with E-state index in [9.17, 15) is 9.59 Å². The zero-order valence-corrected chi connectivity index (χ0v) is 8.09. The summed E-state index contributed by atoms with van der Waals surface area (Å²) in [6, 6.07) is -0.617. The zero-order chi connectivity index (χ0) is 9.42. The smallest absolute Gasteiger partial charge is 0.246 e. The van der Waals surface area contributed by atoms with Crippen molar-refractivity contribution in [1.82, 2.24) is 10.2 Å². The first-order valence-corrected chi connectivity index (χ1v) is 5.09. The molecule has 2 unspecified atom stereocenters. The van der Waals surface area contributed by atoms with E-state index in [1.165, 1.54) is 0 Å². The van der Waals surface area contributed by atoms with Gasteiger partial charge in [-0.3, -0.25) is 9.59 Å². The Labute approximate surface area is 82.1 Å². The number of rotatable bonds is 1. The number of nitrogens with zero attached hydrogens (tertiary/aromatic N) is 1. The predicted molar refractivity (Wildman–Crippen MR) is 50.5 cm³/mol. The molecule has 72 valence electrons. The molecule has 0 aliphatic carbocycles. The number of carbonyl (C=O) groups is 2. The van der Waals surface area contributed by atoms with Gasteiger partial charge < -0.3 is 10.2 Å². The summed E-state index contributed by atoms with van der Waals surface area (Å²) >= 11 is 4.03. The molecular formula is C8H12N2O2S. The van der Waals surface area contributed by atoms with E-state index in [1.807, 2.05) is 0 Å². The van der Waals surface area contributed by atoms with Crippen molar-refractivity contribution in [2.24, 2.45) is 0 Å². The maximum Gasteiger partial charge on any atom is 0.246 e. The van der Waals surface area contributed by atoms with Crippen LogP contribution in [0.4, 0.5) is 0 Å². The van der Waals surface area contributed by atoms with Gasteiger partial charge in [-0.2, -0.15) is 12.6 Å². The van der Waals surface area contributed by atoms with E-state index in [0.29, 0.717) is 5.75 Å². The van der Waals surface area contributed by atoms with Gasteiger partial charge in [0.05, 0.1) is 0 Å². The Hall–Kier alpha value is -0.710. The van der Waals surface area contributed by atoms with Crippen molar-refractivity contribution in [3.8, 4) is 0 Å². The normalized spacial score (nSPS) is 33.2. The van der Waals surface area contributed by atoms with Crippen LogP contribution in [0.3, 0.4) is 0 Å². The van der Waals surface area contributed by atoms with E-state index in [0.717, 1.165) is 19.4 Å². The first-order valence-electron chi connectivity index (χ1n) is 4.46. The number of piperazine rings is 1. The molecular weight excluding hydrogens is 188 g/mol. The second-order valence-electron chi connectivity index (χ2n) is 3.43. The summed E-state index contributed by atoms with van der Waals surface area (Å²) in [5.41, 5.74) is 0. The Kier molecular flexibility index (Phi) is 2.19. The minimum Gasteiger partial charge on any atom is -0.342 e. The topological polar surface area (TPSA) is 49.4 Å². The third-order valence-corrected chi connectivity index (χ3v) is 3.00. The van der Waals surface area contributed by atoms with E-state index in [2.05, 4.69) is 17.9 Å². The first-order chi connectivity index (χ1) is 6.24. The Morgan fingerprint density at radius 1 is 1.54 bits per heavy atom. The van der Waals surface area contributed by atoms with Crippen LogP contribution in [0, 0.1) is 0 Å². The molecule has 2 rings (SSSR count). The molecule has 0 aromatic heterocycles. The minimum atomic E-state index is -0.412. The van der Waals surface area contributed by atoms with Gasteiger partial charge in [0.25, 0.3) is 0 Å². The summed E-state index contributed by atoms with van der Waals surface area (Å²) in [5.74, 6) is 0.390. The number of hydrogen-bond donors (Lipinski definition) is 2. The van der Waals surface area contributed by atoms with Crippen LogP contribution >= 0.6 is 12.6 Å². The molecule has 2 heterocycles. The molecule has 4 nitrogen and oxygen atoms in total. The van der Waals surface area contributed by atoms with Crippen molar-refractivity contribution in [1.29, 1.82) is 0 Å². The molecule has 2 saturated heterocycles. The van der Waals surface area contributed by atoms with Gasteiger partial charge in [0.2, 0.25) is 11.8 Å². The number of thiol groups is 1. The van der Waals surface area contributed by atoms with E-state index < -0.39 is 6.04 Å². The molecule has 2 aliphatic heterocycles. The highest BCUT2D eigenvalue weighted by Gasteiger charge is 2.42. The third-order valence-electron chi connectivity index (χ3n) is 2.64. The number of hydrogen-bond acceptors (Lipinski definition) is 3. The van der Waals surface area contributed by atoms with Gasteiger partial charge in [-0.1, -0.05) is 0 Å². The van der Waals surface area contributed by atoms with Crippen molar-refractivity contribution in [2.75, 3.05) is 12.3 Å². The molecule has 2 fully saturated rings. The standard InChI is InChI=1S/C8H12N2O2S/c11-7-6-2-1-3-10(6)8(12)5(4-13)9-7/h5-6,13H,1-4H2,(H,9,11). The van der Waals surface area contributed by atoms with Gasteiger partial charge in [0.15, 0.2) is 0 Å². The zero-order valence-electron chi connectivity index (χ0n) is 7.19. The SMILES string of the molecule is O=C1NC(CS)C(=O)N2CCCC12. The predicted octanol–water partition coefficient (Wildman–Crippen LogP) is -0.594. The van der Waals surface area contributed by atoms with Gasteiger partial charge in [0, 0.05) is 12.3 Å². The minimum absolute atomic E-state index is 0.0175. The summed E-state index contributed by atoms with van der Waals surface area (Å²) in [5, 5.41) is 2.68. The Bertz CT molecular complexity index is 257. The maximum atomic E-state index is 11.6. The van der Waals surface area contributed by atoms with Gasteiger partial charge in [-0.15, -0.1) is 0 Å². The van der Waals surface area contributed by atoms with Crippen molar-refractivity contribution < 1.29 is 9.59 Å².